The van der Waals surface area contributed by atoms with Gasteiger partial charge in [-0.2, -0.15) is 0 Å². The molecule has 2 fully saturated rings. The normalized spacial score (nSPS) is 21.0. The van der Waals surface area contributed by atoms with Crippen LogP contribution in [-0.4, -0.2) is 40.6 Å². The Balaban J connectivity index is 1.96. The lowest BCUT2D eigenvalue weighted by Crippen LogP contribution is -2.48. The van der Waals surface area contributed by atoms with E-state index in [-0.39, 0.29) is 18.2 Å². The van der Waals surface area contributed by atoms with Gasteiger partial charge in [0.2, 0.25) is 6.41 Å². The number of carbonyl (C=O) groups is 2. The quantitative estimate of drug-likeness (QED) is 0.761. The fraction of sp³-hybridized carbons (Fsp3) is 0.650. The summed E-state index contributed by atoms with van der Waals surface area (Å²) in [4.78, 5) is 32.6. The molecular formula is C20H29N3O3. The summed E-state index contributed by atoms with van der Waals surface area (Å²) in [5, 5.41) is 0. The molecule has 3 rings (SSSR count). The Hall–Kier alpha value is -2.11. The second-order valence-corrected chi connectivity index (χ2v) is 8.21. The van der Waals surface area contributed by atoms with Crippen molar-refractivity contribution in [3.8, 4) is 0 Å². The minimum absolute atomic E-state index is 0.0324. The van der Waals surface area contributed by atoms with E-state index in [1.807, 2.05) is 37.8 Å². The molecule has 0 bridgehead atoms. The highest BCUT2D eigenvalue weighted by Crippen LogP contribution is 2.38. The number of hydrogen-bond acceptors (Lipinski definition) is 4. The van der Waals surface area contributed by atoms with Crippen molar-refractivity contribution >= 4 is 18.3 Å². The average Bonchev–Trinajstić information content (AvgIpc) is 2.56. The molecule has 0 N–H and O–H groups in total. The lowest BCUT2D eigenvalue weighted by atomic mass is 9.90. The maximum absolute atomic E-state index is 13.0. The van der Waals surface area contributed by atoms with E-state index in [9.17, 15) is 9.59 Å². The predicted octanol–water partition coefficient (Wildman–Crippen LogP) is 4.06. The van der Waals surface area contributed by atoms with Crippen LogP contribution in [0.4, 0.5) is 10.6 Å². The van der Waals surface area contributed by atoms with Crippen molar-refractivity contribution in [1.29, 1.82) is 0 Å². The van der Waals surface area contributed by atoms with E-state index < -0.39 is 5.60 Å². The molecule has 1 atom stereocenters. The topological polar surface area (TPSA) is 62.7 Å². The molecule has 1 saturated carbocycles. The SMILES string of the molecule is CC(C)(C)OC(=O)N(c1ncccc1C1CCCCN1C=O)C1CCC1. The molecule has 26 heavy (non-hydrogen) atoms. The largest absolute Gasteiger partial charge is 0.443 e. The maximum Gasteiger partial charge on any atom is 0.416 e. The minimum Gasteiger partial charge on any atom is -0.443 e. The van der Waals surface area contributed by atoms with Crippen LogP contribution >= 0.6 is 0 Å². The fourth-order valence-corrected chi connectivity index (χ4v) is 3.65. The fourth-order valence-electron chi connectivity index (χ4n) is 3.65. The van der Waals surface area contributed by atoms with Crippen LogP contribution in [0.15, 0.2) is 18.3 Å². The summed E-state index contributed by atoms with van der Waals surface area (Å²) < 4.78 is 5.67. The van der Waals surface area contributed by atoms with Gasteiger partial charge in [0.25, 0.3) is 0 Å². The standard InChI is InChI=1S/C20H29N3O3/c1-20(2,3)26-19(25)23(15-8-6-9-15)18-16(10-7-12-21-18)17-11-4-5-13-22(17)14-24/h7,10,12,14-15,17H,4-6,8-9,11,13H2,1-3H3. The Morgan fingerprint density at radius 3 is 2.65 bits per heavy atom. The van der Waals surface area contributed by atoms with Crippen LogP contribution in [0.1, 0.15) is 70.9 Å². The van der Waals surface area contributed by atoms with Gasteiger partial charge in [-0.25, -0.2) is 9.78 Å². The van der Waals surface area contributed by atoms with Gasteiger partial charge in [-0.1, -0.05) is 6.07 Å². The Kier molecular flexibility index (Phi) is 5.49. The van der Waals surface area contributed by atoms with Gasteiger partial charge in [0.1, 0.15) is 11.4 Å². The molecule has 6 nitrogen and oxygen atoms in total. The summed E-state index contributed by atoms with van der Waals surface area (Å²) in [5.41, 5.74) is 0.380. The first-order valence-corrected chi connectivity index (χ1v) is 9.59. The average molecular weight is 359 g/mol. The second-order valence-electron chi connectivity index (χ2n) is 8.21. The van der Waals surface area contributed by atoms with Crippen LogP contribution in [0.2, 0.25) is 0 Å². The number of ether oxygens (including phenoxy) is 1. The third-order valence-corrected chi connectivity index (χ3v) is 5.11. The number of rotatable bonds is 4. The van der Waals surface area contributed by atoms with Crippen molar-refractivity contribution in [1.82, 2.24) is 9.88 Å². The minimum atomic E-state index is -0.562. The highest BCUT2D eigenvalue weighted by Gasteiger charge is 2.37. The molecule has 6 heteroatoms. The van der Waals surface area contributed by atoms with Crippen molar-refractivity contribution < 1.29 is 14.3 Å². The predicted molar refractivity (Wildman–Crippen MR) is 100.0 cm³/mol. The number of hydrogen-bond donors (Lipinski definition) is 0. The molecule has 1 unspecified atom stereocenters. The van der Waals surface area contributed by atoms with E-state index >= 15 is 0 Å². The van der Waals surface area contributed by atoms with Crippen LogP contribution < -0.4 is 4.90 Å². The molecule has 0 spiro atoms. The molecule has 0 aromatic carbocycles. The highest BCUT2D eigenvalue weighted by molar-refractivity contribution is 5.88. The third-order valence-electron chi connectivity index (χ3n) is 5.11. The zero-order valence-corrected chi connectivity index (χ0v) is 16.0. The highest BCUT2D eigenvalue weighted by atomic mass is 16.6. The molecule has 1 aromatic heterocycles. The van der Waals surface area contributed by atoms with Crippen molar-refractivity contribution in [3.05, 3.63) is 23.9 Å². The van der Waals surface area contributed by atoms with Crippen molar-refractivity contribution in [2.45, 2.75) is 77.0 Å². The lowest BCUT2D eigenvalue weighted by molar-refractivity contribution is -0.121. The van der Waals surface area contributed by atoms with E-state index in [0.29, 0.717) is 5.82 Å². The second kappa shape index (κ2) is 7.64. The zero-order chi connectivity index (χ0) is 18.7. The maximum atomic E-state index is 13.0. The third kappa shape index (κ3) is 4.00. The first-order chi connectivity index (χ1) is 12.4. The summed E-state index contributed by atoms with van der Waals surface area (Å²) in [6.45, 7) is 6.37. The number of aromatic nitrogens is 1. The molecule has 2 heterocycles. The number of anilines is 1. The van der Waals surface area contributed by atoms with Gasteiger partial charge in [-0.3, -0.25) is 9.69 Å². The Morgan fingerprint density at radius 1 is 1.27 bits per heavy atom. The summed E-state index contributed by atoms with van der Waals surface area (Å²) in [6.07, 6.45) is 8.28. The van der Waals surface area contributed by atoms with Crippen LogP contribution in [0.25, 0.3) is 0 Å². The van der Waals surface area contributed by atoms with Gasteiger partial charge in [0.05, 0.1) is 6.04 Å². The zero-order valence-electron chi connectivity index (χ0n) is 16.0. The molecule has 1 aliphatic carbocycles. The molecule has 142 valence electrons. The van der Waals surface area contributed by atoms with Crippen LogP contribution in [0.5, 0.6) is 0 Å². The number of piperidine rings is 1. The summed E-state index contributed by atoms with van der Waals surface area (Å²) in [7, 11) is 0. The number of carbonyl (C=O) groups excluding carboxylic acids is 2. The van der Waals surface area contributed by atoms with E-state index in [4.69, 9.17) is 4.74 Å². The van der Waals surface area contributed by atoms with Gasteiger partial charge < -0.3 is 9.64 Å². The summed E-state index contributed by atoms with van der Waals surface area (Å²) in [6, 6.07) is 3.96. The van der Waals surface area contributed by atoms with Crippen molar-refractivity contribution in [2.24, 2.45) is 0 Å². The number of nitrogens with zero attached hydrogens (tertiary/aromatic N) is 3. The molecule has 2 aliphatic rings. The lowest BCUT2D eigenvalue weighted by Gasteiger charge is -2.40. The van der Waals surface area contributed by atoms with E-state index in [1.165, 1.54) is 0 Å². The molecule has 0 radical (unpaired) electrons. The van der Waals surface area contributed by atoms with Crippen LogP contribution in [0, 0.1) is 0 Å². The smallest absolute Gasteiger partial charge is 0.416 e. The number of amides is 2. The van der Waals surface area contributed by atoms with E-state index in [2.05, 4.69) is 4.98 Å². The van der Waals surface area contributed by atoms with E-state index in [0.717, 1.165) is 57.0 Å². The van der Waals surface area contributed by atoms with Gasteiger partial charge in [0, 0.05) is 24.3 Å². The monoisotopic (exact) mass is 359 g/mol. The number of likely N-dealkylation sites (tertiary alicyclic amines) is 1. The Bertz CT molecular complexity index is 652. The van der Waals surface area contributed by atoms with Gasteiger partial charge in [-0.05, 0) is 65.4 Å². The summed E-state index contributed by atoms with van der Waals surface area (Å²) >= 11 is 0. The molecule has 1 aromatic rings. The first-order valence-electron chi connectivity index (χ1n) is 9.59. The molecule has 1 saturated heterocycles. The molecular weight excluding hydrogens is 330 g/mol. The van der Waals surface area contributed by atoms with Gasteiger partial charge >= 0.3 is 6.09 Å². The van der Waals surface area contributed by atoms with Gasteiger partial charge in [0.15, 0.2) is 0 Å². The van der Waals surface area contributed by atoms with Crippen LogP contribution in [0.3, 0.4) is 0 Å². The molecule has 1 aliphatic heterocycles. The first kappa shape index (κ1) is 18.7. The van der Waals surface area contributed by atoms with E-state index in [1.54, 1.807) is 11.1 Å². The van der Waals surface area contributed by atoms with Gasteiger partial charge in [-0.15, -0.1) is 0 Å². The Morgan fingerprint density at radius 2 is 2.04 bits per heavy atom. The van der Waals surface area contributed by atoms with Crippen molar-refractivity contribution in [3.63, 3.8) is 0 Å². The number of pyridine rings is 1. The Labute approximate surface area is 155 Å². The van der Waals surface area contributed by atoms with Crippen molar-refractivity contribution in [2.75, 3.05) is 11.4 Å². The van der Waals surface area contributed by atoms with Crippen LogP contribution in [-0.2, 0) is 9.53 Å². The molecule has 2 amide bonds. The summed E-state index contributed by atoms with van der Waals surface area (Å²) in [5.74, 6) is 0.644.